The van der Waals surface area contributed by atoms with Gasteiger partial charge in [0, 0.05) is 38.3 Å². The van der Waals surface area contributed by atoms with E-state index in [1.54, 1.807) is 0 Å². The van der Waals surface area contributed by atoms with E-state index < -0.39 is 31.2 Å². The average molecular weight is 374 g/mol. The fourth-order valence-corrected chi connectivity index (χ4v) is 0. The average Bonchev–Trinajstić information content (AvgIpc) is 1.77. The Morgan fingerprint density at radius 2 is 0.526 bits per heavy atom. The number of rotatable bonds is 0. The van der Waals surface area contributed by atoms with Crippen molar-refractivity contribution in [1.29, 1.82) is 0 Å². The monoisotopic (exact) mass is 374 g/mol. The molecule has 0 aromatic rings. The van der Waals surface area contributed by atoms with Crippen LogP contribution in [-0.2, 0) is 31.2 Å². The van der Waals surface area contributed by atoms with Gasteiger partial charge in [-0.1, -0.05) is 0 Å². The van der Waals surface area contributed by atoms with Gasteiger partial charge in [-0.2, -0.15) is 0 Å². The Bertz CT molecular complexity index is 347. The van der Waals surface area contributed by atoms with E-state index in [0.29, 0.717) is 0 Å². The molecule has 0 aliphatic heterocycles. The third-order valence-corrected chi connectivity index (χ3v) is 0. The van der Waals surface area contributed by atoms with Gasteiger partial charge in [0.15, 0.2) is 0 Å². The molecule has 0 rings (SSSR count). The summed E-state index contributed by atoms with van der Waals surface area (Å²) in [6.07, 6.45) is 0. The van der Waals surface area contributed by atoms with Crippen LogP contribution >= 0.6 is 0 Å². The van der Waals surface area contributed by atoms with Crippen molar-refractivity contribution in [2.75, 3.05) is 7.11 Å². The fourth-order valence-electron chi connectivity index (χ4n) is 0. The van der Waals surface area contributed by atoms with Crippen LogP contribution in [-0.4, -0.2) is 99.5 Å². The summed E-state index contributed by atoms with van der Waals surface area (Å²) >= 11 is 0. The first kappa shape index (κ1) is 36.7. The van der Waals surface area contributed by atoms with Gasteiger partial charge in [0.1, 0.15) is 0 Å². The van der Waals surface area contributed by atoms with Crippen molar-refractivity contribution in [2.45, 2.75) is 0 Å². The van der Waals surface area contributed by atoms with E-state index in [4.69, 9.17) is 57.7 Å². The van der Waals surface area contributed by atoms with Gasteiger partial charge >= 0.3 is 34.7 Å². The van der Waals surface area contributed by atoms with Crippen molar-refractivity contribution in [2.24, 2.45) is 0 Å². The predicted molar refractivity (Wildman–Crippen MR) is 51.1 cm³/mol. The van der Waals surface area contributed by atoms with Gasteiger partial charge in [-0.05, 0) is 0 Å². The Hall–Kier alpha value is 0.635. The molecule has 0 spiro atoms. The smallest absolute Gasteiger partial charge is 0.759 e. The van der Waals surface area contributed by atoms with E-state index in [2.05, 4.69) is 0 Å². The van der Waals surface area contributed by atoms with E-state index in [1.165, 1.54) is 0 Å². The van der Waals surface area contributed by atoms with E-state index in [1.807, 2.05) is 0 Å². The van der Waals surface area contributed by atoms with Crippen LogP contribution in [0.2, 0.25) is 0 Å². The second-order valence-corrected chi connectivity index (χ2v) is 3.67. The SMILES string of the molecule is CO.O=S(=O)([O-])[O-].O=S(=O)([O-])[O-].O=S(=O)([O-])[O-].[Al+3].[Al+3]. The third-order valence-electron chi connectivity index (χ3n) is 0. The summed E-state index contributed by atoms with van der Waals surface area (Å²) in [7, 11) is -14.5. The minimum atomic E-state index is -5.17. The van der Waals surface area contributed by atoms with Crippen LogP contribution in [0.1, 0.15) is 0 Å². The maximum absolute atomic E-state index is 8.52. The van der Waals surface area contributed by atoms with Gasteiger partial charge in [-0.3, -0.25) is 25.3 Å². The largest absolute Gasteiger partial charge is 3.00 e. The Labute approximate surface area is 130 Å². The van der Waals surface area contributed by atoms with Crippen LogP contribution in [0.4, 0.5) is 0 Å². The van der Waals surface area contributed by atoms with Gasteiger partial charge in [0.25, 0.3) is 0 Å². The summed E-state index contributed by atoms with van der Waals surface area (Å²) in [5.74, 6) is 0. The first-order valence-electron chi connectivity index (χ1n) is 2.45. The molecule has 110 valence electrons. The number of aliphatic hydroxyl groups excluding tert-OH is 1. The molecular formula is CH4Al2O13S3. The third kappa shape index (κ3) is 12800. The maximum atomic E-state index is 8.52. The molecule has 0 aromatic heterocycles. The molecule has 0 bridgehead atoms. The van der Waals surface area contributed by atoms with Crippen molar-refractivity contribution >= 4 is 65.9 Å². The number of hydrogen-bond acceptors (Lipinski definition) is 13. The summed E-state index contributed by atoms with van der Waals surface area (Å²) in [6, 6.07) is 0. The summed E-state index contributed by atoms with van der Waals surface area (Å²) in [4.78, 5) is 0. The maximum Gasteiger partial charge on any atom is 3.00 e. The van der Waals surface area contributed by atoms with E-state index >= 15 is 0 Å². The molecule has 0 fully saturated rings. The molecule has 13 nitrogen and oxygen atoms in total. The van der Waals surface area contributed by atoms with Crippen LogP contribution in [0.3, 0.4) is 0 Å². The molecule has 0 atom stereocenters. The van der Waals surface area contributed by atoms with Crippen molar-refractivity contribution in [3.63, 3.8) is 0 Å². The predicted octanol–water partition coefficient (Wildman–Crippen LogP) is -5.17. The van der Waals surface area contributed by atoms with Gasteiger partial charge in [0.2, 0.25) is 0 Å². The van der Waals surface area contributed by atoms with Gasteiger partial charge in [-0.25, -0.2) is 0 Å². The first-order chi connectivity index (χ1) is 7.00. The Morgan fingerprint density at radius 3 is 0.526 bits per heavy atom. The molecule has 19 heavy (non-hydrogen) atoms. The molecule has 0 aliphatic rings. The Balaban J connectivity index is -0.0000000298. The molecular weight excluding hydrogens is 370 g/mol. The Morgan fingerprint density at radius 1 is 0.526 bits per heavy atom. The van der Waals surface area contributed by atoms with Crippen LogP contribution in [0.5, 0.6) is 0 Å². The zero-order valence-corrected chi connectivity index (χ0v) is 13.5. The summed E-state index contributed by atoms with van der Waals surface area (Å²) < 4.78 is 102. The molecule has 0 aromatic carbocycles. The summed E-state index contributed by atoms with van der Waals surface area (Å²) in [6.45, 7) is 0. The van der Waals surface area contributed by atoms with Crippen molar-refractivity contribution in [3.05, 3.63) is 0 Å². The molecule has 0 saturated carbocycles. The standard InChI is InChI=1S/CH4O.2Al.3H2O4S/c1-2;;;3*1-5(2,3)4/h2H,1H3;;;3*(H2,1,2,3,4)/q;2*+3;;;/p-6. The van der Waals surface area contributed by atoms with Gasteiger partial charge < -0.3 is 32.4 Å². The minimum absolute atomic E-state index is 0. The van der Waals surface area contributed by atoms with Gasteiger partial charge in [-0.15, -0.1) is 0 Å². The van der Waals surface area contributed by atoms with Crippen LogP contribution < -0.4 is 0 Å². The molecule has 0 unspecified atom stereocenters. The molecule has 0 saturated heterocycles. The van der Waals surface area contributed by atoms with E-state index in [9.17, 15) is 0 Å². The van der Waals surface area contributed by atoms with E-state index in [-0.39, 0.29) is 34.7 Å². The van der Waals surface area contributed by atoms with Crippen molar-refractivity contribution < 1.29 is 57.7 Å². The zero-order chi connectivity index (χ0) is 15.5. The molecule has 18 heteroatoms. The topological polar surface area (TPSA) is 261 Å². The van der Waals surface area contributed by atoms with E-state index in [0.717, 1.165) is 7.11 Å². The van der Waals surface area contributed by atoms with Gasteiger partial charge in [0.05, 0.1) is 0 Å². The molecule has 0 aliphatic carbocycles. The minimum Gasteiger partial charge on any atom is -0.759 e. The van der Waals surface area contributed by atoms with Crippen LogP contribution in [0.15, 0.2) is 0 Å². The van der Waals surface area contributed by atoms with Crippen molar-refractivity contribution in [1.82, 2.24) is 0 Å². The fraction of sp³-hybridized carbons (Fsp3) is 1.00. The summed E-state index contributed by atoms with van der Waals surface area (Å²) in [5.41, 5.74) is 0. The number of aliphatic hydroxyl groups is 1. The van der Waals surface area contributed by atoms with Crippen LogP contribution in [0, 0.1) is 0 Å². The van der Waals surface area contributed by atoms with Crippen LogP contribution in [0.25, 0.3) is 0 Å². The molecule has 0 heterocycles. The molecule has 0 radical (unpaired) electrons. The second kappa shape index (κ2) is 16.7. The summed E-state index contributed by atoms with van der Waals surface area (Å²) in [5, 5.41) is 7.00. The Kier molecular flexibility index (Phi) is 32.2. The first-order valence-corrected chi connectivity index (χ1v) is 6.45. The zero-order valence-electron chi connectivity index (χ0n) is 8.73. The number of hydrogen-bond donors (Lipinski definition) is 1. The normalized spacial score (nSPS) is 9.47. The quantitative estimate of drug-likeness (QED) is 0.236. The molecule has 0 amide bonds. The molecule has 1 N–H and O–H groups in total. The second-order valence-electron chi connectivity index (χ2n) is 1.22. The van der Waals surface area contributed by atoms with Crippen molar-refractivity contribution in [3.8, 4) is 0 Å².